The van der Waals surface area contributed by atoms with Crippen molar-refractivity contribution in [3.8, 4) is 0 Å². The summed E-state index contributed by atoms with van der Waals surface area (Å²) in [7, 11) is 1.21. The highest BCUT2D eigenvalue weighted by atomic mass is 28.3. The molecule has 0 unspecified atom stereocenters. The van der Waals surface area contributed by atoms with E-state index in [4.69, 9.17) is 13.3 Å². The lowest BCUT2D eigenvalue weighted by molar-refractivity contribution is 0.123. The lowest BCUT2D eigenvalue weighted by Crippen LogP contribution is -2.25. The van der Waals surface area contributed by atoms with Gasteiger partial charge in [-0.3, -0.25) is 0 Å². The molecule has 0 radical (unpaired) electrons. The molecule has 0 heterocycles. The summed E-state index contributed by atoms with van der Waals surface area (Å²) in [6.45, 7) is 7.34. The van der Waals surface area contributed by atoms with Crippen LogP contribution in [0.2, 0.25) is 6.55 Å². The molecule has 0 saturated heterocycles. The van der Waals surface area contributed by atoms with Gasteiger partial charge in [0.05, 0.1) is 0 Å². The van der Waals surface area contributed by atoms with Crippen LogP contribution in [0.1, 0.15) is 13.8 Å². The minimum Gasteiger partial charge on any atom is -0.379 e. The van der Waals surface area contributed by atoms with Gasteiger partial charge in [0.1, 0.15) is 0 Å². The van der Waals surface area contributed by atoms with Gasteiger partial charge in [-0.05, 0) is 24.1 Å². The van der Waals surface area contributed by atoms with Crippen molar-refractivity contribution in [1.82, 2.24) is 0 Å². The predicted molar refractivity (Wildman–Crippen MR) is 53.2 cm³/mol. The second kappa shape index (κ2) is 12.9. The zero-order valence-corrected chi connectivity index (χ0v) is 11.4. The van der Waals surface area contributed by atoms with Crippen LogP contribution in [0.3, 0.4) is 0 Å². The van der Waals surface area contributed by atoms with Crippen LogP contribution >= 0.6 is 0 Å². The molecule has 0 aromatic rings. The van der Waals surface area contributed by atoms with Crippen LogP contribution in [0.4, 0.5) is 0 Å². The number of rotatable bonds is 5. The van der Waals surface area contributed by atoms with Gasteiger partial charge in [0.2, 0.25) is 0 Å². The fourth-order valence-corrected chi connectivity index (χ4v) is 1.37. The highest BCUT2D eigenvalue weighted by molar-refractivity contribution is 6.36. The lowest BCUT2D eigenvalue weighted by atomic mass is 10.9. The molecule has 0 aromatic carbocycles. The third kappa shape index (κ3) is 10.3. The van der Waals surface area contributed by atoms with Gasteiger partial charge in [-0.15, -0.1) is 0 Å². The van der Waals surface area contributed by atoms with Gasteiger partial charge < -0.3 is 13.3 Å². The smallest absolute Gasteiger partial charge is 0.379 e. The van der Waals surface area contributed by atoms with E-state index in [0.717, 1.165) is 0 Å². The standard InChI is InChI=1S/C5H14O3Si.CH6Si/c1-4-7-9(6-3)8-5-2;1-2/h9H,4-5H2,1-3H3;1-2H3. The zero-order valence-electron chi connectivity index (χ0n) is 8.22. The molecular formula is C6H20O3Si2. The van der Waals surface area contributed by atoms with Gasteiger partial charge in [-0.25, -0.2) is 0 Å². The summed E-state index contributed by atoms with van der Waals surface area (Å²) in [4.78, 5) is 0. The highest BCUT2D eigenvalue weighted by Crippen LogP contribution is 1.88. The third-order valence-electron chi connectivity index (χ3n) is 0.798. The molecule has 0 aliphatic heterocycles. The molecule has 0 bridgehead atoms. The molecule has 11 heavy (non-hydrogen) atoms. The Morgan fingerprint density at radius 2 is 1.45 bits per heavy atom. The van der Waals surface area contributed by atoms with Gasteiger partial charge in [0, 0.05) is 20.3 Å². The van der Waals surface area contributed by atoms with Crippen molar-refractivity contribution in [2.24, 2.45) is 0 Å². The summed E-state index contributed by atoms with van der Waals surface area (Å²) in [6, 6.07) is 0. The van der Waals surface area contributed by atoms with Crippen LogP contribution in [0, 0.1) is 0 Å². The van der Waals surface area contributed by atoms with Gasteiger partial charge in [0.25, 0.3) is 0 Å². The maximum absolute atomic E-state index is 5.13. The molecule has 0 atom stereocenters. The van der Waals surface area contributed by atoms with Crippen molar-refractivity contribution in [3.05, 3.63) is 0 Å². The SMILES string of the molecule is CCO[SiH](OC)OCC.C[SiH3]. The Bertz CT molecular complexity index is 57.8. The zero-order chi connectivity index (χ0) is 9.11. The fraction of sp³-hybridized carbons (Fsp3) is 1.00. The lowest BCUT2D eigenvalue weighted by Gasteiger charge is -2.10. The molecule has 3 nitrogen and oxygen atoms in total. The first-order valence-electron chi connectivity index (χ1n) is 4.11. The third-order valence-corrected chi connectivity index (χ3v) is 2.39. The van der Waals surface area contributed by atoms with Crippen LogP contribution in [0.15, 0.2) is 0 Å². The van der Waals surface area contributed by atoms with Crippen LogP contribution < -0.4 is 0 Å². The van der Waals surface area contributed by atoms with Gasteiger partial charge >= 0.3 is 9.53 Å². The second-order valence-electron chi connectivity index (χ2n) is 1.44. The van der Waals surface area contributed by atoms with Gasteiger partial charge in [-0.2, -0.15) is 0 Å². The van der Waals surface area contributed by atoms with Crippen molar-refractivity contribution in [1.29, 1.82) is 0 Å². The van der Waals surface area contributed by atoms with Crippen molar-refractivity contribution < 1.29 is 13.3 Å². The summed E-state index contributed by atoms with van der Waals surface area (Å²) in [6.07, 6.45) is 0. The van der Waals surface area contributed by atoms with Gasteiger partial charge in [-0.1, -0.05) is 6.55 Å². The van der Waals surface area contributed by atoms with E-state index in [1.54, 1.807) is 7.11 Å². The van der Waals surface area contributed by atoms with E-state index in [1.807, 2.05) is 13.8 Å². The molecule has 0 amide bonds. The first-order chi connectivity index (χ1) is 5.35. The normalized spacial score (nSPS) is 9.55. The van der Waals surface area contributed by atoms with E-state index in [0.29, 0.717) is 13.2 Å². The molecule has 0 aliphatic rings. The summed E-state index contributed by atoms with van der Waals surface area (Å²) >= 11 is 0. The monoisotopic (exact) mass is 196 g/mol. The van der Waals surface area contributed by atoms with Crippen LogP contribution in [0.25, 0.3) is 0 Å². The molecule has 0 aromatic heterocycles. The van der Waals surface area contributed by atoms with Crippen molar-refractivity contribution in [2.45, 2.75) is 20.4 Å². The molecular weight excluding hydrogens is 176 g/mol. The molecule has 70 valence electrons. The second-order valence-corrected chi connectivity index (χ2v) is 3.15. The molecule has 0 N–H and O–H groups in total. The van der Waals surface area contributed by atoms with Crippen LogP contribution in [0.5, 0.6) is 0 Å². The molecule has 0 saturated carbocycles. The average molecular weight is 196 g/mol. The largest absolute Gasteiger partial charge is 0.483 e. The average Bonchev–Trinajstić information content (AvgIpc) is 2.08. The Labute approximate surface area is 74.4 Å². The van der Waals surface area contributed by atoms with E-state index in [1.165, 1.54) is 10.2 Å². The predicted octanol–water partition coefficient (Wildman–Crippen LogP) is -0.177. The first kappa shape index (κ1) is 13.9. The fourth-order valence-electron chi connectivity index (χ4n) is 0.456. The minimum absolute atomic E-state index is 0.671. The topological polar surface area (TPSA) is 27.7 Å². The van der Waals surface area contributed by atoms with E-state index in [9.17, 15) is 0 Å². The van der Waals surface area contributed by atoms with Crippen LogP contribution in [-0.2, 0) is 13.3 Å². The Morgan fingerprint density at radius 1 is 1.09 bits per heavy atom. The summed E-state index contributed by atoms with van der Waals surface area (Å²) in [5.41, 5.74) is 0. The van der Waals surface area contributed by atoms with Gasteiger partial charge in [0.15, 0.2) is 0 Å². The van der Waals surface area contributed by atoms with E-state index in [2.05, 4.69) is 6.55 Å². The van der Waals surface area contributed by atoms with Crippen LogP contribution in [-0.4, -0.2) is 40.1 Å². The maximum Gasteiger partial charge on any atom is 0.483 e. The Balaban J connectivity index is 0. The Morgan fingerprint density at radius 3 is 1.64 bits per heavy atom. The van der Waals surface area contributed by atoms with E-state index >= 15 is 0 Å². The minimum atomic E-state index is -1.71. The highest BCUT2D eigenvalue weighted by Gasteiger charge is 2.09. The quantitative estimate of drug-likeness (QED) is 0.571. The Kier molecular flexibility index (Phi) is 16.3. The summed E-state index contributed by atoms with van der Waals surface area (Å²) in [5.74, 6) is 0. The number of hydrogen-bond acceptors (Lipinski definition) is 3. The van der Waals surface area contributed by atoms with Crippen molar-refractivity contribution >= 4 is 19.8 Å². The molecule has 0 fully saturated rings. The molecule has 5 heteroatoms. The summed E-state index contributed by atoms with van der Waals surface area (Å²) in [5, 5.41) is 0. The molecule has 0 spiro atoms. The molecule has 0 rings (SSSR count). The van der Waals surface area contributed by atoms with E-state index < -0.39 is 9.53 Å². The maximum atomic E-state index is 5.13. The van der Waals surface area contributed by atoms with Crippen molar-refractivity contribution in [3.63, 3.8) is 0 Å². The van der Waals surface area contributed by atoms with Crippen molar-refractivity contribution in [2.75, 3.05) is 20.3 Å². The van der Waals surface area contributed by atoms with E-state index in [-0.39, 0.29) is 0 Å². The molecule has 0 aliphatic carbocycles. The number of hydrogen-bond donors (Lipinski definition) is 0. The summed E-state index contributed by atoms with van der Waals surface area (Å²) < 4.78 is 15.2. The Hall–Kier alpha value is 0.314. The first-order valence-corrected chi connectivity index (χ1v) is 7.52.